The molecule has 0 aliphatic rings. The van der Waals surface area contributed by atoms with Gasteiger partial charge in [-0.25, -0.2) is 4.79 Å². The number of hydrogen-bond acceptors (Lipinski definition) is 3. The molecule has 0 aliphatic heterocycles. The number of anilines is 2. The topological polar surface area (TPSA) is 67.4 Å². The van der Waals surface area contributed by atoms with Crippen LogP contribution in [0.15, 0.2) is 48.5 Å². The molecule has 0 radical (unpaired) electrons. The molecule has 0 bridgehead atoms. The van der Waals surface area contributed by atoms with Gasteiger partial charge in [-0.15, -0.1) is 0 Å². The van der Waals surface area contributed by atoms with Gasteiger partial charge in [0.25, 0.3) is 0 Å². The van der Waals surface area contributed by atoms with Crippen molar-refractivity contribution in [2.45, 2.75) is 12.7 Å². The van der Waals surface area contributed by atoms with Crippen LogP contribution < -0.4 is 15.4 Å². The van der Waals surface area contributed by atoms with Gasteiger partial charge in [-0.05, 0) is 30.7 Å². The minimum Gasteiger partial charge on any atom is -0.494 e. The number of carbonyl (C=O) groups excluding carboxylic acids is 1. The van der Waals surface area contributed by atoms with Crippen LogP contribution in [0.1, 0.15) is 12.5 Å². The third-order valence-corrected chi connectivity index (χ3v) is 3.74. The highest BCUT2D eigenvalue weighted by Crippen LogP contribution is 2.19. The number of amides is 2. The number of benzene rings is 2. The molecule has 1 unspecified atom stereocenters. The van der Waals surface area contributed by atoms with Crippen LogP contribution in [0.4, 0.5) is 16.2 Å². The highest BCUT2D eigenvalue weighted by Gasteiger charge is 2.08. The van der Waals surface area contributed by atoms with E-state index in [-0.39, 0.29) is 6.03 Å². The number of para-hydroxylation sites is 1. The Hall–Kier alpha value is -2.34. The lowest BCUT2D eigenvalue weighted by atomic mass is 10.2. The smallest absolute Gasteiger partial charge is 0.323 e. The van der Waals surface area contributed by atoms with Crippen molar-refractivity contribution in [2.75, 3.05) is 23.5 Å². The van der Waals surface area contributed by atoms with Crippen LogP contribution in [0.3, 0.4) is 0 Å². The molecule has 0 fully saturated rings. The minimum absolute atomic E-state index is 0.354. The van der Waals surface area contributed by atoms with Crippen LogP contribution in [-0.2, 0) is 16.6 Å². The average molecular weight is 332 g/mol. The number of carbonyl (C=O) groups is 1. The number of urea groups is 1. The summed E-state index contributed by atoms with van der Waals surface area (Å²) in [7, 11) is -0.973. The third-order valence-electron chi connectivity index (χ3n) is 3.03. The Kier molecular flexibility index (Phi) is 6.17. The first-order valence-corrected chi connectivity index (χ1v) is 9.00. The largest absolute Gasteiger partial charge is 0.494 e. The predicted molar refractivity (Wildman–Crippen MR) is 94.5 cm³/mol. The highest BCUT2D eigenvalue weighted by atomic mass is 32.2. The highest BCUT2D eigenvalue weighted by molar-refractivity contribution is 7.83. The van der Waals surface area contributed by atoms with Crippen LogP contribution in [0, 0.1) is 0 Å². The van der Waals surface area contributed by atoms with Gasteiger partial charge in [-0.2, -0.15) is 0 Å². The maximum atomic E-state index is 12.2. The zero-order valence-electron chi connectivity index (χ0n) is 13.2. The first kappa shape index (κ1) is 17.0. The van der Waals surface area contributed by atoms with Crippen molar-refractivity contribution in [1.29, 1.82) is 0 Å². The molecule has 0 saturated carbocycles. The lowest BCUT2D eigenvalue weighted by Gasteiger charge is -2.12. The van der Waals surface area contributed by atoms with E-state index in [1.54, 1.807) is 24.5 Å². The third kappa shape index (κ3) is 5.41. The fourth-order valence-corrected chi connectivity index (χ4v) is 2.79. The Labute approximate surface area is 138 Å². The van der Waals surface area contributed by atoms with E-state index in [0.717, 1.165) is 5.56 Å². The lowest BCUT2D eigenvalue weighted by molar-refractivity contribution is 0.262. The van der Waals surface area contributed by atoms with Crippen LogP contribution in [0.5, 0.6) is 5.75 Å². The van der Waals surface area contributed by atoms with Gasteiger partial charge in [-0.1, -0.05) is 24.3 Å². The van der Waals surface area contributed by atoms with Crippen molar-refractivity contribution in [1.82, 2.24) is 0 Å². The summed E-state index contributed by atoms with van der Waals surface area (Å²) in [6, 6.07) is 14.2. The standard InChI is InChI=1S/C17H20N2O3S/c1-3-22-15-9-6-8-14(11-15)18-17(20)19-16-10-5-4-7-13(16)12-23(2)21/h4-11H,3,12H2,1-2H3,(H2,18,19,20). The van der Waals surface area contributed by atoms with Gasteiger partial charge < -0.3 is 15.4 Å². The van der Waals surface area contributed by atoms with Crippen LogP contribution in [0.25, 0.3) is 0 Å². The van der Waals surface area contributed by atoms with E-state index in [2.05, 4.69) is 10.6 Å². The van der Waals surface area contributed by atoms with Gasteiger partial charge in [0, 0.05) is 34.5 Å². The van der Waals surface area contributed by atoms with Gasteiger partial charge in [0.15, 0.2) is 0 Å². The molecule has 0 aliphatic carbocycles. The molecule has 2 amide bonds. The summed E-state index contributed by atoms with van der Waals surface area (Å²) in [5.41, 5.74) is 2.14. The van der Waals surface area contributed by atoms with Gasteiger partial charge in [0.1, 0.15) is 5.75 Å². The molecule has 122 valence electrons. The number of ether oxygens (including phenoxy) is 1. The summed E-state index contributed by atoms with van der Waals surface area (Å²) in [6.07, 6.45) is 1.63. The van der Waals surface area contributed by atoms with E-state index >= 15 is 0 Å². The van der Waals surface area contributed by atoms with E-state index in [1.165, 1.54) is 0 Å². The van der Waals surface area contributed by atoms with Gasteiger partial charge in [0.05, 0.1) is 12.4 Å². The molecule has 6 heteroatoms. The Bertz CT molecular complexity index is 704. The molecule has 5 nitrogen and oxygen atoms in total. The van der Waals surface area contributed by atoms with Gasteiger partial charge >= 0.3 is 6.03 Å². The summed E-state index contributed by atoms with van der Waals surface area (Å²) in [5, 5.41) is 5.55. The van der Waals surface area contributed by atoms with Crippen LogP contribution in [-0.4, -0.2) is 23.1 Å². The number of nitrogens with one attached hydrogen (secondary N) is 2. The van der Waals surface area contributed by atoms with Crippen LogP contribution in [0.2, 0.25) is 0 Å². The zero-order valence-corrected chi connectivity index (χ0v) is 14.0. The molecule has 2 N–H and O–H groups in total. The minimum atomic E-state index is -0.973. The predicted octanol–water partition coefficient (Wildman–Crippen LogP) is 3.61. The Balaban J connectivity index is 2.05. The lowest BCUT2D eigenvalue weighted by Crippen LogP contribution is -2.20. The van der Waals surface area contributed by atoms with Crippen molar-refractivity contribution in [3.63, 3.8) is 0 Å². The average Bonchev–Trinajstić information content (AvgIpc) is 2.49. The Morgan fingerprint density at radius 3 is 2.65 bits per heavy atom. The first-order valence-electron chi connectivity index (χ1n) is 7.27. The van der Waals surface area contributed by atoms with E-state index in [1.807, 2.05) is 37.3 Å². The summed E-state index contributed by atoms with van der Waals surface area (Å²) < 4.78 is 16.8. The quantitative estimate of drug-likeness (QED) is 0.849. The zero-order chi connectivity index (χ0) is 16.7. The number of rotatable bonds is 6. The maximum Gasteiger partial charge on any atom is 0.323 e. The second-order valence-corrected chi connectivity index (χ2v) is 6.35. The monoisotopic (exact) mass is 332 g/mol. The molecule has 1 atom stereocenters. The van der Waals surface area contributed by atoms with Crippen molar-refractivity contribution in [2.24, 2.45) is 0 Å². The number of hydrogen-bond donors (Lipinski definition) is 2. The van der Waals surface area contributed by atoms with Crippen molar-refractivity contribution >= 4 is 28.2 Å². The second-order valence-electron chi connectivity index (χ2n) is 4.91. The molecule has 0 spiro atoms. The first-order chi connectivity index (χ1) is 11.1. The SMILES string of the molecule is CCOc1cccc(NC(=O)Nc2ccccc2CS(C)=O)c1. The molecule has 2 rings (SSSR count). The Morgan fingerprint density at radius 2 is 1.91 bits per heavy atom. The molecular weight excluding hydrogens is 312 g/mol. The molecule has 2 aromatic carbocycles. The molecule has 2 aromatic rings. The summed E-state index contributed by atoms with van der Waals surface area (Å²) in [4.78, 5) is 12.2. The van der Waals surface area contributed by atoms with E-state index in [4.69, 9.17) is 4.74 Å². The maximum absolute atomic E-state index is 12.2. The molecule has 0 heterocycles. The Morgan fingerprint density at radius 1 is 1.13 bits per heavy atom. The van der Waals surface area contributed by atoms with Crippen molar-refractivity contribution in [3.05, 3.63) is 54.1 Å². The second kappa shape index (κ2) is 8.33. The summed E-state index contributed by atoms with van der Waals surface area (Å²) >= 11 is 0. The molecule has 23 heavy (non-hydrogen) atoms. The molecule has 0 saturated heterocycles. The summed E-state index contributed by atoms with van der Waals surface area (Å²) in [5.74, 6) is 1.10. The normalized spacial score (nSPS) is 11.6. The molecular formula is C17H20N2O3S. The van der Waals surface area contributed by atoms with Gasteiger partial charge in [0.2, 0.25) is 0 Å². The van der Waals surface area contributed by atoms with Crippen LogP contribution >= 0.6 is 0 Å². The van der Waals surface area contributed by atoms with Gasteiger partial charge in [-0.3, -0.25) is 4.21 Å². The molecule has 0 aromatic heterocycles. The van der Waals surface area contributed by atoms with E-state index < -0.39 is 10.8 Å². The van der Waals surface area contributed by atoms with Crippen molar-refractivity contribution < 1.29 is 13.7 Å². The fraction of sp³-hybridized carbons (Fsp3) is 0.235. The summed E-state index contributed by atoms with van der Waals surface area (Å²) in [6.45, 7) is 2.47. The fourth-order valence-electron chi connectivity index (χ4n) is 2.10. The van der Waals surface area contributed by atoms with Crippen molar-refractivity contribution in [3.8, 4) is 5.75 Å². The van der Waals surface area contributed by atoms with E-state index in [9.17, 15) is 9.00 Å². The van der Waals surface area contributed by atoms with E-state index in [0.29, 0.717) is 29.5 Å².